The van der Waals surface area contributed by atoms with Crippen LogP contribution in [0.25, 0.3) is 0 Å². The fourth-order valence-electron chi connectivity index (χ4n) is 2.68. The van der Waals surface area contributed by atoms with Gasteiger partial charge in [-0.2, -0.15) is 4.79 Å². The number of halogens is 2. The largest absolute Gasteiger partial charge is 1.00 e. The zero-order valence-corrected chi connectivity index (χ0v) is 14.7. The molecule has 0 saturated carbocycles. The number of nitrogens with one attached hydrogen (secondary N) is 1. The lowest BCUT2D eigenvalue weighted by atomic mass is 10.0. The number of hydrogen-bond acceptors (Lipinski definition) is 2. The first-order chi connectivity index (χ1) is 10.8. The lowest BCUT2D eigenvalue weighted by molar-refractivity contribution is -0.415. The van der Waals surface area contributed by atoms with Gasteiger partial charge in [0.25, 0.3) is 5.70 Å². The van der Waals surface area contributed by atoms with Crippen molar-refractivity contribution in [2.24, 2.45) is 0 Å². The van der Waals surface area contributed by atoms with Crippen LogP contribution in [0.1, 0.15) is 30.9 Å². The van der Waals surface area contributed by atoms with Crippen LogP contribution in [-0.4, -0.2) is 29.6 Å². The Morgan fingerprint density at radius 3 is 2.62 bits per heavy atom. The maximum Gasteiger partial charge on any atom is 0.491 e. The van der Waals surface area contributed by atoms with Gasteiger partial charge in [0.1, 0.15) is 6.04 Å². The fourth-order valence-corrected chi connectivity index (χ4v) is 2.68. The van der Waals surface area contributed by atoms with Crippen molar-refractivity contribution in [1.29, 1.82) is 0 Å². The van der Waals surface area contributed by atoms with Crippen LogP contribution in [0, 0.1) is 0 Å². The average molecular weight is 365 g/mol. The van der Waals surface area contributed by atoms with Crippen LogP contribution in [0.5, 0.6) is 0 Å². The molecule has 0 aliphatic carbocycles. The number of rotatable bonds is 4. The molecule has 0 bridgehead atoms. The third-order valence-electron chi connectivity index (χ3n) is 3.85. The number of amides is 2. The molecule has 6 heteroatoms. The highest BCUT2D eigenvalue weighted by atomic mass is 35.5. The molecule has 4 nitrogen and oxygen atoms in total. The Morgan fingerprint density at radius 2 is 2.00 bits per heavy atom. The third kappa shape index (κ3) is 5.32. The van der Waals surface area contributed by atoms with Crippen molar-refractivity contribution in [3.63, 3.8) is 0 Å². The van der Waals surface area contributed by atoms with Gasteiger partial charge in [0.05, 0.1) is 24.2 Å². The Bertz CT molecular complexity index is 666. The summed E-state index contributed by atoms with van der Waals surface area (Å²) in [7, 11) is 0. The number of benzene rings is 1. The molecule has 2 aliphatic rings. The molecular weight excluding hydrogens is 345 g/mol. The van der Waals surface area contributed by atoms with E-state index in [0.29, 0.717) is 6.42 Å². The molecule has 1 N–H and O–H groups in total. The van der Waals surface area contributed by atoms with Crippen molar-refractivity contribution in [3.8, 4) is 0 Å². The van der Waals surface area contributed by atoms with Crippen molar-refractivity contribution in [2.75, 3.05) is 6.54 Å². The minimum absolute atomic E-state index is 0. The number of hydrogen-bond donors (Lipinski definition) is 1. The first-order valence-corrected chi connectivity index (χ1v) is 7.68. The van der Waals surface area contributed by atoms with E-state index in [1.807, 2.05) is 54.8 Å². The van der Waals surface area contributed by atoms with Crippen LogP contribution in [0.4, 0.5) is 4.79 Å². The fraction of sp³-hybridized carbons (Fsp3) is 0.278. The molecule has 0 aromatic heterocycles. The molecular formula is C18H20Cl2N3O. The predicted molar refractivity (Wildman–Crippen MR) is 88.2 cm³/mol. The SMILES string of the molecule is O=C(N[C@@H](CC1=CC=CC=[N+]1)c1ccccc1)[N+]1=CCCC1.[Cl-].[Cl-]. The molecule has 3 rings (SSSR count). The number of urea groups is 1. The second-order valence-electron chi connectivity index (χ2n) is 5.46. The Labute approximate surface area is 154 Å². The summed E-state index contributed by atoms with van der Waals surface area (Å²) in [6, 6.07) is 9.96. The number of allylic oxidation sites excluding steroid dienone is 3. The quantitative estimate of drug-likeness (QED) is 0.555. The molecule has 0 spiro atoms. The van der Waals surface area contributed by atoms with E-state index in [1.165, 1.54) is 0 Å². The highest BCUT2D eigenvalue weighted by molar-refractivity contribution is 5.73. The zero-order chi connectivity index (χ0) is 15.2. The topological polar surface area (TPSA) is 46.2 Å². The smallest absolute Gasteiger partial charge is 0.491 e. The highest BCUT2D eigenvalue weighted by Crippen LogP contribution is 2.21. The second-order valence-corrected chi connectivity index (χ2v) is 5.46. The molecule has 24 heavy (non-hydrogen) atoms. The number of aliphatic imine (C=N–C) groups is 1. The summed E-state index contributed by atoms with van der Waals surface area (Å²) in [5.74, 6) is 0. The Balaban J connectivity index is 0.00000144. The highest BCUT2D eigenvalue weighted by Gasteiger charge is 2.28. The minimum Gasteiger partial charge on any atom is -1.00 e. The van der Waals surface area contributed by atoms with E-state index in [2.05, 4.69) is 10.3 Å². The van der Waals surface area contributed by atoms with E-state index < -0.39 is 0 Å². The average Bonchev–Trinajstić information content (AvgIpc) is 3.11. The normalized spacial score (nSPS) is 16.3. The van der Waals surface area contributed by atoms with Gasteiger partial charge in [-0.3, -0.25) is 0 Å². The monoisotopic (exact) mass is 364 g/mol. The number of carbonyl (C=O) groups is 1. The Kier molecular flexibility index (Phi) is 8.44. The molecule has 0 unspecified atom stereocenters. The van der Waals surface area contributed by atoms with Crippen LogP contribution in [0.2, 0.25) is 0 Å². The van der Waals surface area contributed by atoms with Crippen molar-refractivity contribution >= 4 is 18.5 Å². The number of nitrogens with zero attached hydrogens (tertiary/aromatic N) is 2. The molecule has 1 radical (unpaired) electrons. The molecule has 1 atom stereocenters. The predicted octanol–water partition coefficient (Wildman–Crippen LogP) is -3.43. The summed E-state index contributed by atoms with van der Waals surface area (Å²) in [6.07, 6.45) is 12.3. The third-order valence-corrected chi connectivity index (χ3v) is 3.85. The first kappa shape index (κ1) is 20.1. The molecule has 2 heterocycles. The summed E-state index contributed by atoms with van der Waals surface area (Å²) in [5.41, 5.74) is 2.07. The van der Waals surface area contributed by atoms with Crippen LogP contribution in [0.3, 0.4) is 0 Å². The molecule has 2 amide bonds. The summed E-state index contributed by atoms with van der Waals surface area (Å²) in [6.45, 7) is 0.803. The van der Waals surface area contributed by atoms with Crippen LogP contribution >= 0.6 is 0 Å². The maximum absolute atomic E-state index is 12.4. The van der Waals surface area contributed by atoms with E-state index in [-0.39, 0.29) is 36.9 Å². The van der Waals surface area contributed by atoms with E-state index in [0.717, 1.165) is 30.6 Å². The molecule has 1 aromatic rings. The first-order valence-electron chi connectivity index (χ1n) is 7.68. The maximum atomic E-state index is 12.4. The van der Waals surface area contributed by atoms with Gasteiger partial charge in [0, 0.05) is 18.6 Å². The van der Waals surface area contributed by atoms with Gasteiger partial charge in [-0.15, -0.1) is 0 Å². The second kappa shape index (κ2) is 10.1. The van der Waals surface area contributed by atoms with Crippen molar-refractivity contribution < 1.29 is 34.2 Å². The van der Waals surface area contributed by atoms with Gasteiger partial charge in [-0.05, 0) is 18.1 Å². The summed E-state index contributed by atoms with van der Waals surface area (Å²) >= 11 is 0. The zero-order valence-electron chi connectivity index (χ0n) is 13.2. The molecule has 0 fully saturated rings. The van der Waals surface area contributed by atoms with E-state index in [9.17, 15) is 4.79 Å². The van der Waals surface area contributed by atoms with E-state index in [4.69, 9.17) is 0 Å². The van der Waals surface area contributed by atoms with Gasteiger partial charge in [-0.1, -0.05) is 30.3 Å². The van der Waals surface area contributed by atoms with Crippen molar-refractivity contribution in [2.45, 2.75) is 25.3 Å². The number of carbonyl (C=O) groups excluding carboxylic acids is 1. The van der Waals surface area contributed by atoms with Gasteiger partial charge >= 0.3 is 6.03 Å². The van der Waals surface area contributed by atoms with E-state index in [1.54, 1.807) is 10.8 Å². The van der Waals surface area contributed by atoms with Crippen LogP contribution < -0.4 is 35.1 Å². The molecule has 2 aliphatic heterocycles. The van der Waals surface area contributed by atoms with Crippen LogP contribution in [-0.2, 0) is 0 Å². The van der Waals surface area contributed by atoms with Gasteiger partial charge in [-0.25, -0.2) is 9.89 Å². The van der Waals surface area contributed by atoms with Gasteiger partial charge < -0.3 is 24.8 Å². The summed E-state index contributed by atoms with van der Waals surface area (Å²) < 4.78 is 1.77. The standard InChI is InChI=1S/C18H19N3O.2ClH/c22-18(21-12-6-7-13-21)20-17(15-8-2-1-3-9-15)14-16-10-4-5-11-19-16;;/h1-5,8-12,17H,6-7,13-14H2;2*1H/q+1;;/p-1/t17-;;/m0../s1. The lowest BCUT2D eigenvalue weighted by Crippen LogP contribution is -3.00. The van der Waals surface area contributed by atoms with Gasteiger partial charge in [0.15, 0.2) is 0 Å². The van der Waals surface area contributed by atoms with Crippen molar-refractivity contribution in [3.05, 3.63) is 59.8 Å². The van der Waals surface area contributed by atoms with Crippen molar-refractivity contribution in [1.82, 2.24) is 10.3 Å². The minimum atomic E-state index is -0.0717. The van der Waals surface area contributed by atoms with E-state index >= 15 is 0 Å². The van der Waals surface area contributed by atoms with Crippen LogP contribution in [0.15, 0.2) is 54.3 Å². The molecule has 127 valence electrons. The Hall–Kier alpha value is -1.91. The van der Waals surface area contributed by atoms with Gasteiger partial charge in [0.2, 0.25) is 6.21 Å². The molecule has 1 aromatic carbocycles. The summed E-state index contributed by atoms with van der Waals surface area (Å²) in [5, 5.41) is 3.14. The Morgan fingerprint density at radius 1 is 1.21 bits per heavy atom. The lowest BCUT2D eigenvalue weighted by Gasteiger charge is -2.12. The molecule has 0 saturated heterocycles. The summed E-state index contributed by atoms with van der Waals surface area (Å²) in [4.78, 5) is 16.8.